The molecule has 1 amide bonds. The zero-order chi connectivity index (χ0) is 15.6. The number of carbonyl (C=O) groups excluding carboxylic acids is 1. The van der Waals surface area contributed by atoms with Gasteiger partial charge in [0.15, 0.2) is 0 Å². The highest BCUT2D eigenvalue weighted by atomic mass is 16.5. The number of fused-ring (bicyclic) bond motifs is 1. The Bertz CT molecular complexity index is 679. The maximum atomic E-state index is 12.6. The van der Waals surface area contributed by atoms with Crippen LogP contribution in [-0.2, 0) is 17.9 Å². The molecule has 1 aliphatic heterocycles. The lowest BCUT2D eigenvalue weighted by Crippen LogP contribution is -2.38. The summed E-state index contributed by atoms with van der Waals surface area (Å²) in [5, 5.41) is 0. The third-order valence-corrected chi connectivity index (χ3v) is 4.54. The highest BCUT2D eigenvalue weighted by Gasteiger charge is 2.30. The smallest absolute Gasteiger partial charge is 0.223 e. The average molecular weight is 311 g/mol. The molecule has 4 rings (SSSR count). The van der Waals surface area contributed by atoms with Gasteiger partial charge in [-0.05, 0) is 37.0 Å². The van der Waals surface area contributed by atoms with E-state index in [1.807, 2.05) is 29.2 Å². The van der Waals surface area contributed by atoms with Crippen LogP contribution in [0.1, 0.15) is 25.0 Å². The molecule has 1 atom stereocenters. The number of nitrogens with zero attached hydrogens (tertiary/aromatic N) is 3. The van der Waals surface area contributed by atoms with E-state index in [-0.39, 0.29) is 12.0 Å². The Morgan fingerprint density at radius 3 is 2.91 bits per heavy atom. The lowest BCUT2D eigenvalue weighted by atomic mass is 10.2. The van der Waals surface area contributed by atoms with E-state index >= 15 is 0 Å². The summed E-state index contributed by atoms with van der Waals surface area (Å²) >= 11 is 0. The molecule has 0 aromatic carbocycles. The molecule has 1 fully saturated rings. The molecule has 0 unspecified atom stereocenters. The van der Waals surface area contributed by atoms with Crippen LogP contribution < -0.4 is 4.74 Å². The van der Waals surface area contributed by atoms with Gasteiger partial charge < -0.3 is 14.2 Å². The predicted octanol–water partition coefficient (Wildman–Crippen LogP) is 2.47. The number of amides is 1. The van der Waals surface area contributed by atoms with Gasteiger partial charge in [0.05, 0.1) is 19.6 Å². The molecule has 2 aliphatic rings. The van der Waals surface area contributed by atoms with Crippen molar-refractivity contribution in [1.82, 2.24) is 14.5 Å². The Hall–Kier alpha value is -2.30. The van der Waals surface area contributed by atoms with Crippen LogP contribution in [0.2, 0.25) is 0 Å². The Kier molecular flexibility index (Phi) is 3.77. The first kappa shape index (κ1) is 14.3. The molecular weight excluding hydrogens is 290 g/mol. The minimum Gasteiger partial charge on any atom is -0.471 e. The molecule has 0 spiro atoms. The van der Waals surface area contributed by atoms with Crippen LogP contribution in [0, 0.1) is 5.92 Å². The molecule has 0 radical (unpaired) electrons. The Balaban J connectivity index is 1.52. The van der Waals surface area contributed by atoms with Gasteiger partial charge in [-0.25, -0.2) is 4.98 Å². The summed E-state index contributed by atoms with van der Waals surface area (Å²) in [6, 6.07) is 9.76. The number of pyridine rings is 1. The maximum Gasteiger partial charge on any atom is 0.223 e. The second-order valence-corrected chi connectivity index (χ2v) is 6.48. The van der Waals surface area contributed by atoms with Gasteiger partial charge in [-0.15, -0.1) is 0 Å². The molecular formula is C18H21N3O2. The van der Waals surface area contributed by atoms with Gasteiger partial charge in [0.1, 0.15) is 6.10 Å². The van der Waals surface area contributed by atoms with E-state index in [4.69, 9.17) is 4.74 Å². The van der Waals surface area contributed by atoms with Crippen LogP contribution in [0.3, 0.4) is 0 Å². The van der Waals surface area contributed by atoms with Crippen LogP contribution >= 0.6 is 0 Å². The fourth-order valence-electron chi connectivity index (χ4n) is 3.10. The Labute approximate surface area is 135 Å². The van der Waals surface area contributed by atoms with Crippen LogP contribution in [0.5, 0.6) is 5.88 Å². The Morgan fingerprint density at radius 2 is 2.13 bits per heavy atom. The van der Waals surface area contributed by atoms with Crippen molar-refractivity contribution in [3.8, 4) is 5.88 Å². The molecule has 1 saturated carbocycles. The summed E-state index contributed by atoms with van der Waals surface area (Å²) in [5.41, 5.74) is 1.17. The van der Waals surface area contributed by atoms with Crippen molar-refractivity contribution in [2.45, 2.75) is 38.5 Å². The fraction of sp³-hybridized carbons (Fsp3) is 0.444. The van der Waals surface area contributed by atoms with Gasteiger partial charge in [0.25, 0.3) is 0 Å². The standard InChI is InChI=1S/C18H21N3O2/c22-18(10-14-6-7-14)21-11-15-4-3-9-20(15)12-16(13-21)23-17-5-1-2-8-19-17/h1-5,8-9,14,16H,6-7,10-13H2/t16-/m1/s1. The van der Waals surface area contributed by atoms with E-state index < -0.39 is 0 Å². The van der Waals surface area contributed by atoms with E-state index in [2.05, 4.69) is 21.8 Å². The van der Waals surface area contributed by atoms with Crippen LogP contribution in [0.4, 0.5) is 0 Å². The number of rotatable bonds is 4. The third-order valence-electron chi connectivity index (χ3n) is 4.54. The van der Waals surface area contributed by atoms with E-state index in [0.29, 0.717) is 31.3 Å². The zero-order valence-corrected chi connectivity index (χ0v) is 13.1. The molecule has 0 saturated heterocycles. The first-order valence-electron chi connectivity index (χ1n) is 8.27. The van der Waals surface area contributed by atoms with E-state index in [1.54, 1.807) is 6.20 Å². The van der Waals surface area contributed by atoms with Crippen molar-refractivity contribution in [1.29, 1.82) is 0 Å². The number of aromatic nitrogens is 2. The summed E-state index contributed by atoms with van der Waals surface area (Å²) in [7, 11) is 0. The molecule has 5 heteroatoms. The van der Waals surface area contributed by atoms with Crippen molar-refractivity contribution in [3.05, 3.63) is 48.4 Å². The second-order valence-electron chi connectivity index (χ2n) is 6.48. The highest BCUT2D eigenvalue weighted by Crippen LogP contribution is 2.33. The molecule has 0 bridgehead atoms. The molecule has 2 aromatic rings. The van der Waals surface area contributed by atoms with Gasteiger partial charge in [-0.1, -0.05) is 6.07 Å². The summed E-state index contributed by atoms with van der Waals surface area (Å²) < 4.78 is 8.22. The predicted molar refractivity (Wildman–Crippen MR) is 85.8 cm³/mol. The Morgan fingerprint density at radius 1 is 1.22 bits per heavy atom. The number of carbonyl (C=O) groups is 1. The van der Waals surface area contributed by atoms with Gasteiger partial charge in [0, 0.05) is 30.6 Å². The quantitative estimate of drug-likeness (QED) is 0.871. The lowest BCUT2D eigenvalue weighted by Gasteiger charge is -2.24. The summed E-state index contributed by atoms with van der Waals surface area (Å²) in [4.78, 5) is 18.8. The van der Waals surface area contributed by atoms with E-state index in [9.17, 15) is 4.79 Å². The SMILES string of the molecule is O=C(CC1CC1)N1Cc2cccn2C[C@@H](Oc2ccccn2)C1. The first-order valence-corrected chi connectivity index (χ1v) is 8.27. The molecule has 5 nitrogen and oxygen atoms in total. The third kappa shape index (κ3) is 3.38. The molecule has 3 heterocycles. The first-order chi connectivity index (χ1) is 11.3. The fourth-order valence-corrected chi connectivity index (χ4v) is 3.10. The summed E-state index contributed by atoms with van der Waals surface area (Å²) in [6.07, 6.45) is 6.77. The van der Waals surface area contributed by atoms with Gasteiger partial charge in [-0.3, -0.25) is 4.79 Å². The minimum atomic E-state index is -0.0818. The van der Waals surface area contributed by atoms with Gasteiger partial charge in [-0.2, -0.15) is 0 Å². The van der Waals surface area contributed by atoms with Crippen molar-refractivity contribution in [2.24, 2.45) is 5.92 Å². The molecule has 23 heavy (non-hydrogen) atoms. The topological polar surface area (TPSA) is 47.4 Å². The van der Waals surface area contributed by atoms with Crippen molar-refractivity contribution in [3.63, 3.8) is 0 Å². The molecule has 0 N–H and O–H groups in total. The van der Waals surface area contributed by atoms with Gasteiger partial charge in [0.2, 0.25) is 11.8 Å². The van der Waals surface area contributed by atoms with Gasteiger partial charge >= 0.3 is 0 Å². The second kappa shape index (κ2) is 6.07. The van der Waals surface area contributed by atoms with Crippen molar-refractivity contribution < 1.29 is 9.53 Å². The highest BCUT2D eigenvalue weighted by molar-refractivity contribution is 5.76. The molecule has 120 valence electrons. The maximum absolute atomic E-state index is 12.6. The summed E-state index contributed by atoms with van der Waals surface area (Å²) in [5.74, 6) is 1.46. The zero-order valence-electron chi connectivity index (χ0n) is 13.1. The lowest BCUT2D eigenvalue weighted by molar-refractivity contribution is -0.133. The van der Waals surface area contributed by atoms with Crippen molar-refractivity contribution >= 4 is 5.91 Å². The van der Waals surface area contributed by atoms with E-state index in [0.717, 1.165) is 6.54 Å². The summed E-state index contributed by atoms with van der Waals surface area (Å²) in [6.45, 7) is 2.02. The normalized spacial score (nSPS) is 20.7. The monoisotopic (exact) mass is 311 g/mol. The molecule has 1 aliphatic carbocycles. The minimum absolute atomic E-state index is 0.0818. The van der Waals surface area contributed by atoms with Crippen molar-refractivity contribution in [2.75, 3.05) is 6.54 Å². The number of ether oxygens (including phenoxy) is 1. The van der Waals surface area contributed by atoms with Crippen LogP contribution in [-0.4, -0.2) is 33.0 Å². The molecule has 2 aromatic heterocycles. The van der Waals surface area contributed by atoms with Crippen LogP contribution in [0.25, 0.3) is 0 Å². The largest absolute Gasteiger partial charge is 0.471 e. The average Bonchev–Trinajstić information content (AvgIpc) is 3.30. The van der Waals surface area contributed by atoms with E-state index in [1.165, 1.54) is 18.5 Å². The number of hydrogen-bond acceptors (Lipinski definition) is 3. The number of hydrogen-bond donors (Lipinski definition) is 0. The van der Waals surface area contributed by atoms with Crippen LogP contribution in [0.15, 0.2) is 42.7 Å².